The van der Waals surface area contributed by atoms with Crippen LogP contribution in [0.2, 0.25) is 0 Å². The first-order valence-corrected chi connectivity index (χ1v) is 10.6. The normalized spacial score (nSPS) is 21.4. The first-order chi connectivity index (χ1) is 14.7. The van der Waals surface area contributed by atoms with Gasteiger partial charge in [0, 0.05) is 30.4 Å². The molecule has 0 aromatic heterocycles. The second kappa shape index (κ2) is 7.42. The first kappa shape index (κ1) is 19.1. The second-order valence-corrected chi connectivity index (χ2v) is 8.17. The summed E-state index contributed by atoms with van der Waals surface area (Å²) in [4.78, 5) is 0. The fourth-order valence-electron chi connectivity index (χ4n) is 5.06. The zero-order chi connectivity index (χ0) is 20.7. The van der Waals surface area contributed by atoms with Crippen molar-refractivity contribution in [3.8, 4) is 23.0 Å². The van der Waals surface area contributed by atoms with Gasteiger partial charge in [-0.15, -0.1) is 0 Å². The van der Waals surface area contributed by atoms with Crippen molar-refractivity contribution in [2.45, 2.75) is 50.3 Å². The Hall–Kier alpha value is -2.89. The summed E-state index contributed by atoms with van der Waals surface area (Å²) in [6.07, 6.45) is 6.31. The van der Waals surface area contributed by atoms with Crippen molar-refractivity contribution in [3.63, 3.8) is 0 Å². The lowest BCUT2D eigenvalue weighted by atomic mass is 9.86. The van der Waals surface area contributed by atoms with Gasteiger partial charge in [0.2, 0.25) is 0 Å². The van der Waals surface area contributed by atoms with E-state index in [1.807, 2.05) is 24.3 Å². The number of para-hydroxylation sites is 1. The molecule has 6 heteroatoms. The van der Waals surface area contributed by atoms with E-state index in [1.54, 1.807) is 21.3 Å². The summed E-state index contributed by atoms with van der Waals surface area (Å²) < 4.78 is 23.3. The third-order valence-electron chi connectivity index (χ3n) is 6.56. The highest BCUT2D eigenvalue weighted by atomic mass is 16.5. The lowest BCUT2D eigenvalue weighted by Crippen LogP contribution is -2.54. The van der Waals surface area contributed by atoms with Gasteiger partial charge in [0.15, 0.2) is 28.7 Å². The maximum absolute atomic E-state index is 6.71. The fourth-order valence-corrected chi connectivity index (χ4v) is 5.06. The van der Waals surface area contributed by atoms with Crippen LogP contribution in [-0.2, 0) is 0 Å². The van der Waals surface area contributed by atoms with E-state index in [4.69, 9.17) is 24.0 Å². The molecule has 158 valence electrons. The van der Waals surface area contributed by atoms with Gasteiger partial charge in [-0.2, -0.15) is 5.10 Å². The molecule has 1 atom stereocenters. The van der Waals surface area contributed by atoms with Crippen LogP contribution in [0.1, 0.15) is 55.7 Å². The third-order valence-corrected chi connectivity index (χ3v) is 6.56. The van der Waals surface area contributed by atoms with Crippen molar-refractivity contribution in [1.82, 2.24) is 5.01 Å². The Morgan fingerprint density at radius 1 is 0.933 bits per heavy atom. The molecule has 0 saturated heterocycles. The topological polar surface area (TPSA) is 52.5 Å². The number of rotatable bonds is 4. The van der Waals surface area contributed by atoms with Crippen LogP contribution in [0.4, 0.5) is 0 Å². The summed E-state index contributed by atoms with van der Waals surface area (Å²) in [6, 6.07) is 12.3. The average molecular weight is 408 g/mol. The molecule has 1 fully saturated rings. The molecule has 2 aliphatic heterocycles. The van der Waals surface area contributed by atoms with Crippen LogP contribution < -0.4 is 18.9 Å². The summed E-state index contributed by atoms with van der Waals surface area (Å²) in [5.41, 5.74) is 2.84. The van der Waals surface area contributed by atoms with Gasteiger partial charge < -0.3 is 18.9 Å². The molecule has 1 aliphatic carbocycles. The fraction of sp³-hybridized carbons (Fsp3) is 0.458. The molecule has 30 heavy (non-hydrogen) atoms. The van der Waals surface area contributed by atoms with Crippen LogP contribution in [-0.4, -0.2) is 37.8 Å². The molecule has 0 amide bonds. The second-order valence-electron chi connectivity index (χ2n) is 8.17. The van der Waals surface area contributed by atoms with Gasteiger partial charge in [-0.05, 0) is 37.1 Å². The third kappa shape index (κ3) is 2.89. The minimum Gasteiger partial charge on any atom is -0.493 e. The summed E-state index contributed by atoms with van der Waals surface area (Å²) >= 11 is 0. The quantitative estimate of drug-likeness (QED) is 0.719. The van der Waals surface area contributed by atoms with Crippen molar-refractivity contribution in [1.29, 1.82) is 0 Å². The molecule has 2 aromatic carbocycles. The van der Waals surface area contributed by atoms with Crippen molar-refractivity contribution < 1.29 is 18.9 Å². The van der Waals surface area contributed by atoms with E-state index in [2.05, 4.69) is 17.1 Å². The molecule has 0 N–H and O–H groups in total. The molecule has 1 spiro atoms. The zero-order valence-electron chi connectivity index (χ0n) is 17.8. The monoisotopic (exact) mass is 408 g/mol. The highest BCUT2D eigenvalue weighted by molar-refractivity contribution is 6.02. The van der Waals surface area contributed by atoms with E-state index < -0.39 is 5.72 Å². The van der Waals surface area contributed by atoms with Gasteiger partial charge in [-0.3, -0.25) is 0 Å². The molecule has 2 aromatic rings. The number of hydrogen-bond acceptors (Lipinski definition) is 6. The van der Waals surface area contributed by atoms with Crippen molar-refractivity contribution in [2.24, 2.45) is 5.10 Å². The summed E-state index contributed by atoms with van der Waals surface area (Å²) in [5, 5.41) is 7.37. The number of benzene rings is 2. The zero-order valence-corrected chi connectivity index (χ0v) is 17.8. The summed E-state index contributed by atoms with van der Waals surface area (Å²) in [6.45, 7) is 0. The molecule has 6 nitrogen and oxygen atoms in total. The number of nitrogens with zero attached hydrogens (tertiary/aromatic N) is 2. The maximum atomic E-state index is 6.71. The SMILES string of the molecule is COc1ccc(C2=NN3[C@H](C2)c2cccc(OC)c2OC32CCCCC2)cc1OC. The smallest absolute Gasteiger partial charge is 0.198 e. The van der Waals surface area contributed by atoms with Gasteiger partial charge >= 0.3 is 0 Å². The summed E-state index contributed by atoms with van der Waals surface area (Å²) in [7, 11) is 5.02. The van der Waals surface area contributed by atoms with Gasteiger partial charge in [0.25, 0.3) is 0 Å². The van der Waals surface area contributed by atoms with Crippen LogP contribution in [0.5, 0.6) is 23.0 Å². The number of methoxy groups -OCH3 is 3. The minimum absolute atomic E-state index is 0.144. The van der Waals surface area contributed by atoms with E-state index in [0.29, 0.717) is 5.75 Å². The molecule has 3 aliphatic rings. The minimum atomic E-state index is -0.400. The number of ether oxygens (including phenoxy) is 4. The number of fused-ring (bicyclic) bond motifs is 4. The predicted molar refractivity (Wildman–Crippen MR) is 115 cm³/mol. The van der Waals surface area contributed by atoms with Gasteiger partial charge in [0.05, 0.1) is 33.1 Å². The standard InChI is InChI=1S/C24H28N2O4/c1-27-20-11-10-16(14-22(20)29-3)18-15-19-17-8-7-9-21(28-2)23(17)30-24(26(19)25-18)12-5-4-6-13-24/h7-11,14,19H,4-6,12-13,15H2,1-3H3/t19-/m1/s1. The van der Waals surface area contributed by atoms with Crippen LogP contribution >= 0.6 is 0 Å². The Kier molecular flexibility index (Phi) is 4.72. The van der Waals surface area contributed by atoms with E-state index in [-0.39, 0.29) is 6.04 Å². The molecular formula is C24H28N2O4. The Morgan fingerprint density at radius 3 is 2.43 bits per heavy atom. The molecular weight excluding hydrogens is 380 g/mol. The lowest BCUT2D eigenvalue weighted by Gasteiger charge is -2.49. The first-order valence-electron chi connectivity index (χ1n) is 10.6. The highest BCUT2D eigenvalue weighted by Crippen LogP contribution is 2.53. The maximum Gasteiger partial charge on any atom is 0.198 e. The van der Waals surface area contributed by atoms with Crippen LogP contribution in [0.3, 0.4) is 0 Å². The largest absolute Gasteiger partial charge is 0.493 e. The Bertz CT molecular complexity index is 981. The van der Waals surface area contributed by atoms with Gasteiger partial charge in [0.1, 0.15) is 0 Å². The van der Waals surface area contributed by atoms with Crippen LogP contribution in [0.15, 0.2) is 41.5 Å². The predicted octanol–water partition coefficient (Wildman–Crippen LogP) is 4.92. The molecule has 2 heterocycles. The van der Waals surface area contributed by atoms with E-state index in [0.717, 1.165) is 66.2 Å². The van der Waals surface area contributed by atoms with E-state index in [9.17, 15) is 0 Å². The Morgan fingerprint density at radius 2 is 1.70 bits per heavy atom. The Balaban J connectivity index is 1.59. The molecule has 5 rings (SSSR count). The van der Waals surface area contributed by atoms with Crippen molar-refractivity contribution >= 4 is 5.71 Å². The van der Waals surface area contributed by atoms with Crippen LogP contribution in [0, 0.1) is 0 Å². The molecule has 1 saturated carbocycles. The average Bonchev–Trinajstić information content (AvgIpc) is 3.26. The molecule has 0 unspecified atom stereocenters. The van der Waals surface area contributed by atoms with Crippen molar-refractivity contribution in [2.75, 3.05) is 21.3 Å². The number of hydrazone groups is 1. The number of hydrogen-bond donors (Lipinski definition) is 0. The molecule has 0 radical (unpaired) electrons. The highest BCUT2D eigenvalue weighted by Gasteiger charge is 2.51. The van der Waals surface area contributed by atoms with Crippen molar-refractivity contribution in [3.05, 3.63) is 47.5 Å². The van der Waals surface area contributed by atoms with E-state index >= 15 is 0 Å². The van der Waals surface area contributed by atoms with Crippen LogP contribution in [0.25, 0.3) is 0 Å². The summed E-state index contributed by atoms with van der Waals surface area (Å²) in [5.74, 6) is 3.12. The lowest BCUT2D eigenvalue weighted by molar-refractivity contribution is -0.141. The van der Waals surface area contributed by atoms with E-state index in [1.165, 1.54) is 6.42 Å². The van der Waals surface area contributed by atoms with Gasteiger partial charge in [-0.25, -0.2) is 5.01 Å². The van der Waals surface area contributed by atoms with Gasteiger partial charge in [-0.1, -0.05) is 18.6 Å². The Labute approximate surface area is 177 Å². The molecule has 0 bridgehead atoms.